The number of nitrogens with zero attached hydrogens (tertiary/aromatic N) is 2. The molecule has 0 aliphatic rings. The predicted molar refractivity (Wildman–Crippen MR) is 75.4 cm³/mol. The number of benzene rings is 1. The van der Waals surface area contributed by atoms with Crippen molar-refractivity contribution >= 4 is 28.1 Å². The number of aromatic nitrogens is 1. The summed E-state index contributed by atoms with van der Waals surface area (Å²) >= 11 is 0. The number of non-ortho nitro benzene ring substituents is 1. The summed E-state index contributed by atoms with van der Waals surface area (Å²) in [6, 6.07) is 4.82. The SMILES string of the molecule is Cc1cc2c(NCCC(N)=O)ccc([N+](=O)[O-])c2cn1. The molecule has 1 aromatic carbocycles. The van der Waals surface area contributed by atoms with Crippen LogP contribution < -0.4 is 11.1 Å². The van der Waals surface area contributed by atoms with Crippen molar-refractivity contribution in [3.05, 3.63) is 40.2 Å². The number of nitro benzene ring substituents is 1. The van der Waals surface area contributed by atoms with Gasteiger partial charge in [-0.05, 0) is 19.1 Å². The highest BCUT2D eigenvalue weighted by Gasteiger charge is 2.14. The molecule has 0 fully saturated rings. The molecular weight excluding hydrogens is 260 g/mol. The molecule has 0 saturated heterocycles. The van der Waals surface area contributed by atoms with Crippen molar-refractivity contribution in [1.82, 2.24) is 4.98 Å². The highest BCUT2D eigenvalue weighted by atomic mass is 16.6. The third kappa shape index (κ3) is 2.82. The molecule has 1 heterocycles. The Morgan fingerprint density at radius 3 is 2.85 bits per heavy atom. The number of fused-ring (bicyclic) bond motifs is 1. The van der Waals surface area contributed by atoms with Gasteiger partial charge in [-0.2, -0.15) is 0 Å². The first-order valence-electron chi connectivity index (χ1n) is 6.05. The van der Waals surface area contributed by atoms with Gasteiger partial charge in [-0.25, -0.2) is 0 Å². The molecule has 0 aliphatic heterocycles. The zero-order valence-electron chi connectivity index (χ0n) is 10.9. The maximum Gasteiger partial charge on any atom is 0.278 e. The molecule has 0 unspecified atom stereocenters. The maximum atomic E-state index is 11.0. The fourth-order valence-electron chi connectivity index (χ4n) is 1.96. The number of carbonyl (C=O) groups excluding carboxylic acids is 1. The predicted octanol–water partition coefficient (Wildman–Crippen LogP) is 1.74. The van der Waals surface area contributed by atoms with E-state index >= 15 is 0 Å². The molecule has 0 bridgehead atoms. The Morgan fingerprint density at radius 2 is 2.20 bits per heavy atom. The second kappa shape index (κ2) is 5.52. The summed E-state index contributed by atoms with van der Waals surface area (Å²) in [5.74, 6) is -0.401. The molecule has 0 spiro atoms. The van der Waals surface area contributed by atoms with E-state index in [0.717, 1.165) is 11.4 Å². The topological polar surface area (TPSA) is 111 Å². The van der Waals surface area contributed by atoms with Gasteiger partial charge in [0.15, 0.2) is 0 Å². The van der Waals surface area contributed by atoms with E-state index in [1.807, 2.05) is 6.92 Å². The number of hydrogen-bond acceptors (Lipinski definition) is 5. The molecule has 0 radical (unpaired) electrons. The molecule has 7 nitrogen and oxygen atoms in total. The molecule has 2 aromatic rings. The summed E-state index contributed by atoms with van der Waals surface area (Å²) in [6.07, 6.45) is 1.69. The molecule has 1 aromatic heterocycles. The van der Waals surface area contributed by atoms with Crippen LogP contribution in [0, 0.1) is 17.0 Å². The molecule has 20 heavy (non-hydrogen) atoms. The van der Waals surface area contributed by atoms with E-state index in [-0.39, 0.29) is 12.1 Å². The van der Waals surface area contributed by atoms with E-state index in [2.05, 4.69) is 10.3 Å². The Morgan fingerprint density at radius 1 is 1.45 bits per heavy atom. The molecule has 3 N–H and O–H groups in total. The van der Waals surface area contributed by atoms with E-state index in [1.165, 1.54) is 12.3 Å². The number of carbonyl (C=O) groups is 1. The smallest absolute Gasteiger partial charge is 0.278 e. The number of anilines is 1. The van der Waals surface area contributed by atoms with E-state index in [1.54, 1.807) is 12.1 Å². The minimum atomic E-state index is -0.438. The zero-order valence-corrected chi connectivity index (χ0v) is 10.9. The lowest BCUT2D eigenvalue weighted by Gasteiger charge is -2.09. The first kappa shape index (κ1) is 13.7. The summed E-state index contributed by atoms with van der Waals surface area (Å²) in [4.78, 5) is 25.4. The van der Waals surface area contributed by atoms with Crippen LogP contribution in [0.2, 0.25) is 0 Å². The number of hydrogen-bond donors (Lipinski definition) is 2. The molecule has 7 heteroatoms. The Hall–Kier alpha value is -2.70. The van der Waals surface area contributed by atoms with Crippen molar-refractivity contribution in [3.63, 3.8) is 0 Å². The average Bonchev–Trinajstić information content (AvgIpc) is 2.38. The van der Waals surface area contributed by atoms with Crippen molar-refractivity contribution in [2.45, 2.75) is 13.3 Å². The number of nitro groups is 1. The summed E-state index contributed by atoms with van der Waals surface area (Å²) in [7, 11) is 0. The van der Waals surface area contributed by atoms with Crippen LogP contribution in [-0.2, 0) is 4.79 Å². The quantitative estimate of drug-likeness (QED) is 0.637. The standard InChI is InChI=1S/C13H14N4O3/c1-8-6-9-10(7-16-8)12(17(19)20)3-2-11(9)15-5-4-13(14)18/h2-3,6-7,15H,4-5H2,1H3,(H2,14,18). The summed E-state index contributed by atoms with van der Waals surface area (Å²) in [6.45, 7) is 2.19. The molecule has 104 valence electrons. The molecule has 0 aliphatic carbocycles. The van der Waals surface area contributed by atoms with Crippen LogP contribution in [0.4, 0.5) is 11.4 Å². The van der Waals surface area contributed by atoms with Gasteiger partial charge < -0.3 is 11.1 Å². The number of pyridine rings is 1. The zero-order chi connectivity index (χ0) is 14.7. The summed E-state index contributed by atoms with van der Waals surface area (Å²) < 4.78 is 0. The summed E-state index contributed by atoms with van der Waals surface area (Å²) in [5, 5.41) is 15.2. The van der Waals surface area contributed by atoms with Crippen molar-refractivity contribution in [2.75, 3.05) is 11.9 Å². The third-order valence-electron chi connectivity index (χ3n) is 2.90. The largest absolute Gasteiger partial charge is 0.384 e. The monoisotopic (exact) mass is 274 g/mol. The van der Waals surface area contributed by atoms with Crippen LogP contribution in [0.25, 0.3) is 10.8 Å². The lowest BCUT2D eigenvalue weighted by atomic mass is 10.1. The van der Waals surface area contributed by atoms with Gasteiger partial charge in [-0.3, -0.25) is 19.9 Å². The normalized spacial score (nSPS) is 10.4. The van der Waals surface area contributed by atoms with Gasteiger partial charge in [0.1, 0.15) is 0 Å². The van der Waals surface area contributed by atoms with Crippen LogP contribution in [-0.4, -0.2) is 22.4 Å². The number of amides is 1. The van der Waals surface area contributed by atoms with E-state index in [0.29, 0.717) is 17.3 Å². The Bertz CT molecular complexity index is 685. The number of primary amides is 1. The Labute approximate surface area is 114 Å². The number of aryl methyl sites for hydroxylation is 1. The van der Waals surface area contributed by atoms with E-state index in [9.17, 15) is 14.9 Å². The van der Waals surface area contributed by atoms with Crippen molar-refractivity contribution < 1.29 is 9.72 Å². The molecule has 1 amide bonds. The molecule has 2 rings (SSSR count). The van der Waals surface area contributed by atoms with Crippen LogP contribution in [0.3, 0.4) is 0 Å². The summed E-state index contributed by atoms with van der Waals surface area (Å²) in [5.41, 5.74) is 6.57. The van der Waals surface area contributed by atoms with Crippen LogP contribution in [0.5, 0.6) is 0 Å². The second-order valence-corrected chi connectivity index (χ2v) is 4.40. The third-order valence-corrected chi connectivity index (χ3v) is 2.90. The minimum absolute atomic E-state index is 0.00736. The van der Waals surface area contributed by atoms with Crippen LogP contribution in [0.15, 0.2) is 24.4 Å². The van der Waals surface area contributed by atoms with Gasteiger partial charge in [-0.15, -0.1) is 0 Å². The fraction of sp³-hybridized carbons (Fsp3) is 0.231. The van der Waals surface area contributed by atoms with Gasteiger partial charge in [0, 0.05) is 42.0 Å². The van der Waals surface area contributed by atoms with Crippen molar-refractivity contribution in [3.8, 4) is 0 Å². The van der Waals surface area contributed by atoms with Gasteiger partial charge in [0.2, 0.25) is 5.91 Å². The van der Waals surface area contributed by atoms with Crippen molar-refractivity contribution in [2.24, 2.45) is 5.73 Å². The minimum Gasteiger partial charge on any atom is -0.384 e. The highest BCUT2D eigenvalue weighted by molar-refractivity contribution is 5.99. The lowest BCUT2D eigenvalue weighted by molar-refractivity contribution is -0.383. The second-order valence-electron chi connectivity index (χ2n) is 4.40. The lowest BCUT2D eigenvalue weighted by Crippen LogP contribution is -2.16. The Kier molecular flexibility index (Phi) is 3.79. The van der Waals surface area contributed by atoms with Gasteiger partial charge in [0.05, 0.1) is 10.3 Å². The van der Waals surface area contributed by atoms with Crippen LogP contribution in [0.1, 0.15) is 12.1 Å². The van der Waals surface area contributed by atoms with Crippen molar-refractivity contribution in [1.29, 1.82) is 0 Å². The Balaban J connectivity index is 2.45. The van der Waals surface area contributed by atoms with Gasteiger partial charge >= 0.3 is 0 Å². The molecule has 0 atom stereocenters. The fourth-order valence-corrected chi connectivity index (χ4v) is 1.96. The number of rotatable bonds is 5. The molecular formula is C13H14N4O3. The molecule has 0 saturated carbocycles. The highest BCUT2D eigenvalue weighted by Crippen LogP contribution is 2.31. The van der Waals surface area contributed by atoms with Gasteiger partial charge in [0.25, 0.3) is 5.69 Å². The maximum absolute atomic E-state index is 11.0. The first-order valence-corrected chi connectivity index (χ1v) is 6.05. The number of nitrogens with one attached hydrogen (secondary N) is 1. The van der Waals surface area contributed by atoms with E-state index < -0.39 is 10.8 Å². The van der Waals surface area contributed by atoms with Gasteiger partial charge in [-0.1, -0.05) is 0 Å². The number of nitrogens with two attached hydrogens (primary N) is 1. The first-order chi connectivity index (χ1) is 9.49. The van der Waals surface area contributed by atoms with E-state index in [4.69, 9.17) is 5.73 Å². The average molecular weight is 274 g/mol. The van der Waals surface area contributed by atoms with Crippen LogP contribution >= 0.6 is 0 Å².